The van der Waals surface area contributed by atoms with Crippen molar-refractivity contribution in [2.45, 2.75) is 23.8 Å². The summed E-state index contributed by atoms with van der Waals surface area (Å²) in [4.78, 5) is 22.3. The molecule has 28 heavy (non-hydrogen) atoms. The predicted octanol–water partition coefficient (Wildman–Crippen LogP) is 2.30. The standard InChI is InChI=1S/C18H19N3O6S/c22-18(27-12-13-4-3-11-19-13)16-5-1-2-6-17(16)20-28(25,26)15-9-7-14(8-10-15)21(23)24/h1-2,5-10,13,19-20H,3-4,11-12H2. The molecule has 1 atom stereocenters. The number of rotatable bonds is 7. The molecule has 0 radical (unpaired) electrons. The lowest BCUT2D eigenvalue weighted by atomic mass is 10.2. The van der Waals surface area contributed by atoms with Gasteiger partial charge in [0, 0.05) is 18.2 Å². The van der Waals surface area contributed by atoms with E-state index in [1.165, 1.54) is 12.1 Å². The third-order valence-corrected chi connectivity index (χ3v) is 5.71. The van der Waals surface area contributed by atoms with Gasteiger partial charge in [-0.1, -0.05) is 12.1 Å². The zero-order valence-corrected chi connectivity index (χ0v) is 15.6. The van der Waals surface area contributed by atoms with Crippen LogP contribution in [0.1, 0.15) is 23.2 Å². The molecule has 0 spiro atoms. The number of esters is 1. The van der Waals surface area contributed by atoms with Gasteiger partial charge >= 0.3 is 5.97 Å². The molecule has 1 saturated heterocycles. The number of nitrogens with zero attached hydrogens (tertiary/aromatic N) is 1. The molecule has 0 saturated carbocycles. The highest BCUT2D eigenvalue weighted by Gasteiger charge is 2.22. The molecular formula is C18H19N3O6S. The first-order chi connectivity index (χ1) is 13.4. The molecule has 0 aromatic heterocycles. The van der Waals surface area contributed by atoms with Gasteiger partial charge in [0.2, 0.25) is 0 Å². The van der Waals surface area contributed by atoms with Gasteiger partial charge in [0.25, 0.3) is 15.7 Å². The SMILES string of the molecule is O=C(OCC1CCCN1)c1ccccc1NS(=O)(=O)c1ccc([N+](=O)[O-])cc1. The summed E-state index contributed by atoms with van der Waals surface area (Å²) in [6.07, 6.45) is 1.94. The highest BCUT2D eigenvalue weighted by Crippen LogP contribution is 2.22. The fourth-order valence-electron chi connectivity index (χ4n) is 2.85. The Bertz CT molecular complexity index is 969. The summed E-state index contributed by atoms with van der Waals surface area (Å²) in [6.45, 7) is 1.09. The number of hydrogen-bond donors (Lipinski definition) is 2. The molecule has 3 rings (SSSR count). The molecule has 9 nitrogen and oxygen atoms in total. The number of anilines is 1. The molecule has 0 amide bonds. The Morgan fingerprint density at radius 1 is 1.21 bits per heavy atom. The van der Waals surface area contributed by atoms with Crippen LogP contribution in [0.15, 0.2) is 53.4 Å². The molecule has 1 aliphatic rings. The smallest absolute Gasteiger partial charge is 0.340 e. The average molecular weight is 405 g/mol. The summed E-state index contributed by atoms with van der Waals surface area (Å²) >= 11 is 0. The Morgan fingerprint density at radius 3 is 2.57 bits per heavy atom. The topological polar surface area (TPSA) is 128 Å². The Balaban J connectivity index is 1.76. The summed E-state index contributed by atoms with van der Waals surface area (Å²) in [5.41, 5.74) is -0.0559. The summed E-state index contributed by atoms with van der Waals surface area (Å²) in [6, 6.07) is 10.7. The molecule has 1 aliphatic heterocycles. The number of benzene rings is 2. The number of nitrogens with one attached hydrogen (secondary N) is 2. The number of nitro groups is 1. The summed E-state index contributed by atoms with van der Waals surface area (Å²) in [5.74, 6) is -0.629. The molecule has 2 aromatic carbocycles. The van der Waals surface area contributed by atoms with Crippen LogP contribution in [0.25, 0.3) is 0 Å². The van der Waals surface area contributed by atoms with E-state index in [9.17, 15) is 23.3 Å². The van der Waals surface area contributed by atoms with Gasteiger partial charge in [-0.15, -0.1) is 0 Å². The fraction of sp³-hybridized carbons (Fsp3) is 0.278. The van der Waals surface area contributed by atoms with E-state index in [4.69, 9.17) is 4.74 Å². The molecule has 2 N–H and O–H groups in total. The number of sulfonamides is 1. The molecule has 0 bridgehead atoms. The number of carbonyl (C=O) groups excluding carboxylic acids is 1. The van der Waals surface area contributed by atoms with Crippen molar-refractivity contribution < 1.29 is 22.9 Å². The zero-order valence-electron chi connectivity index (χ0n) is 14.8. The highest BCUT2D eigenvalue weighted by molar-refractivity contribution is 7.92. The maximum Gasteiger partial charge on any atom is 0.340 e. The van der Waals surface area contributed by atoms with Gasteiger partial charge in [-0.2, -0.15) is 0 Å². The molecule has 148 valence electrons. The number of ether oxygens (including phenoxy) is 1. The second-order valence-corrected chi connectivity index (χ2v) is 7.98. The monoisotopic (exact) mass is 405 g/mol. The van der Waals surface area contributed by atoms with Crippen molar-refractivity contribution >= 4 is 27.4 Å². The highest BCUT2D eigenvalue weighted by atomic mass is 32.2. The van der Waals surface area contributed by atoms with Crippen molar-refractivity contribution in [2.75, 3.05) is 17.9 Å². The fourth-order valence-corrected chi connectivity index (χ4v) is 3.93. The lowest BCUT2D eigenvalue weighted by molar-refractivity contribution is -0.384. The van der Waals surface area contributed by atoms with Crippen molar-refractivity contribution in [3.05, 3.63) is 64.2 Å². The third kappa shape index (κ3) is 4.65. The van der Waals surface area contributed by atoms with Crippen molar-refractivity contribution in [3.8, 4) is 0 Å². The lowest BCUT2D eigenvalue weighted by Gasteiger charge is -2.14. The average Bonchev–Trinajstić information content (AvgIpc) is 3.20. The van der Waals surface area contributed by atoms with Gasteiger partial charge in [-0.3, -0.25) is 14.8 Å². The Hall–Kier alpha value is -2.98. The largest absolute Gasteiger partial charge is 0.460 e. The van der Waals surface area contributed by atoms with E-state index in [0.717, 1.165) is 43.7 Å². The van der Waals surface area contributed by atoms with E-state index in [-0.39, 0.29) is 34.5 Å². The van der Waals surface area contributed by atoms with Gasteiger partial charge in [-0.25, -0.2) is 13.2 Å². The molecule has 10 heteroatoms. The second-order valence-electron chi connectivity index (χ2n) is 6.29. The Kier molecular flexibility index (Phi) is 5.90. The van der Waals surface area contributed by atoms with E-state index in [1.807, 2.05) is 0 Å². The normalized spacial score (nSPS) is 16.5. The van der Waals surface area contributed by atoms with Gasteiger partial charge in [0.1, 0.15) is 6.61 Å². The van der Waals surface area contributed by atoms with E-state index in [0.29, 0.717) is 0 Å². The zero-order chi connectivity index (χ0) is 20.1. The van der Waals surface area contributed by atoms with Crippen LogP contribution in [0.2, 0.25) is 0 Å². The van der Waals surface area contributed by atoms with Crippen LogP contribution in [0.3, 0.4) is 0 Å². The Labute approximate surface area is 161 Å². The number of nitro benzene ring substituents is 1. The van der Waals surface area contributed by atoms with Crippen LogP contribution in [-0.2, 0) is 14.8 Å². The van der Waals surface area contributed by atoms with Gasteiger partial charge in [-0.05, 0) is 43.7 Å². The number of non-ortho nitro benzene ring substituents is 1. The van der Waals surface area contributed by atoms with E-state index in [2.05, 4.69) is 10.0 Å². The van der Waals surface area contributed by atoms with E-state index < -0.39 is 20.9 Å². The van der Waals surface area contributed by atoms with Crippen LogP contribution in [0.4, 0.5) is 11.4 Å². The van der Waals surface area contributed by atoms with Crippen LogP contribution >= 0.6 is 0 Å². The van der Waals surface area contributed by atoms with Crippen LogP contribution < -0.4 is 10.0 Å². The number of carbonyl (C=O) groups is 1. The lowest BCUT2D eigenvalue weighted by Crippen LogP contribution is -2.28. The van der Waals surface area contributed by atoms with Crippen LogP contribution in [0, 0.1) is 10.1 Å². The first-order valence-corrected chi connectivity index (χ1v) is 10.1. The Morgan fingerprint density at radius 2 is 1.93 bits per heavy atom. The molecule has 2 aromatic rings. The molecular weight excluding hydrogens is 386 g/mol. The van der Waals surface area contributed by atoms with Crippen LogP contribution in [-0.4, -0.2) is 38.5 Å². The summed E-state index contributed by atoms with van der Waals surface area (Å²) in [5, 5.41) is 13.9. The number of para-hydroxylation sites is 1. The molecule has 0 aliphatic carbocycles. The van der Waals surface area contributed by atoms with E-state index in [1.54, 1.807) is 12.1 Å². The summed E-state index contributed by atoms with van der Waals surface area (Å²) in [7, 11) is -4.04. The van der Waals surface area contributed by atoms with Crippen molar-refractivity contribution in [3.63, 3.8) is 0 Å². The van der Waals surface area contributed by atoms with Gasteiger partial charge in [0.15, 0.2) is 0 Å². The predicted molar refractivity (Wildman–Crippen MR) is 102 cm³/mol. The van der Waals surface area contributed by atoms with Crippen molar-refractivity contribution in [2.24, 2.45) is 0 Å². The van der Waals surface area contributed by atoms with E-state index >= 15 is 0 Å². The maximum atomic E-state index is 12.6. The minimum absolute atomic E-state index is 0.0743. The molecule has 1 heterocycles. The summed E-state index contributed by atoms with van der Waals surface area (Å²) < 4.78 is 32.8. The van der Waals surface area contributed by atoms with Crippen molar-refractivity contribution in [1.29, 1.82) is 0 Å². The molecule has 1 fully saturated rings. The molecule has 1 unspecified atom stereocenters. The first-order valence-electron chi connectivity index (χ1n) is 8.63. The van der Waals surface area contributed by atoms with Crippen molar-refractivity contribution in [1.82, 2.24) is 5.32 Å². The first kappa shape index (κ1) is 19.8. The second kappa shape index (κ2) is 8.36. The van der Waals surface area contributed by atoms with Gasteiger partial charge in [0.05, 0.1) is 21.1 Å². The maximum absolute atomic E-state index is 12.6. The quantitative estimate of drug-likeness (QED) is 0.411. The third-order valence-electron chi connectivity index (χ3n) is 4.33. The minimum atomic E-state index is -4.04. The number of hydrogen-bond acceptors (Lipinski definition) is 7. The minimum Gasteiger partial charge on any atom is -0.460 e. The van der Waals surface area contributed by atoms with Gasteiger partial charge < -0.3 is 10.1 Å². The van der Waals surface area contributed by atoms with Crippen LogP contribution in [0.5, 0.6) is 0 Å².